The number of hydrogen-bond donors (Lipinski definition) is 2. The van der Waals surface area contributed by atoms with Gasteiger partial charge >= 0.3 is 0 Å². The molecule has 0 aromatic heterocycles. The molecule has 1 fully saturated rings. The van der Waals surface area contributed by atoms with Gasteiger partial charge in [0.25, 0.3) is 0 Å². The Morgan fingerprint density at radius 3 is 2.59 bits per heavy atom. The Labute approximate surface area is 162 Å². The van der Waals surface area contributed by atoms with Gasteiger partial charge < -0.3 is 15.8 Å². The Kier molecular flexibility index (Phi) is 6.48. The highest BCUT2D eigenvalue weighted by molar-refractivity contribution is 5.92. The first-order chi connectivity index (χ1) is 13.0. The van der Waals surface area contributed by atoms with Crippen molar-refractivity contribution in [3.05, 3.63) is 64.7 Å². The lowest BCUT2D eigenvalue weighted by molar-refractivity contribution is 0.0180. The number of rotatable bonds is 5. The van der Waals surface area contributed by atoms with E-state index in [1.165, 1.54) is 22.3 Å². The largest absolute Gasteiger partial charge is 0.379 e. The number of nitrogens with zero attached hydrogens (tertiary/aromatic N) is 2. The number of guanidine groups is 1. The van der Waals surface area contributed by atoms with Crippen molar-refractivity contribution in [1.29, 1.82) is 0 Å². The average Bonchev–Trinajstić information content (AvgIpc) is 2.66. The van der Waals surface area contributed by atoms with E-state index < -0.39 is 0 Å². The van der Waals surface area contributed by atoms with Crippen LogP contribution in [0.1, 0.15) is 28.3 Å². The monoisotopic (exact) mass is 366 g/mol. The van der Waals surface area contributed by atoms with Crippen molar-refractivity contribution in [1.82, 2.24) is 4.90 Å². The summed E-state index contributed by atoms with van der Waals surface area (Å²) in [6.45, 7) is 10.3. The third-order valence-corrected chi connectivity index (χ3v) is 5.13. The van der Waals surface area contributed by atoms with Crippen molar-refractivity contribution >= 4 is 11.6 Å². The maximum Gasteiger partial charge on any atom is 0.193 e. The quantitative estimate of drug-likeness (QED) is 0.629. The van der Waals surface area contributed by atoms with E-state index in [-0.39, 0.29) is 6.04 Å². The molecule has 1 saturated heterocycles. The predicted octanol–water partition coefficient (Wildman–Crippen LogP) is 3.41. The number of hydrogen-bond acceptors (Lipinski definition) is 3. The van der Waals surface area contributed by atoms with Gasteiger partial charge in [-0.3, -0.25) is 9.89 Å². The van der Waals surface area contributed by atoms with Gasteiger partial charge in [0.05, 0.1) is 25.8 Å². The zero-order chi connectivity index (χ0) is 19.2. The van der Waals surface area contributed by atoms with Crippen LogP contribution >= 0.6 is 0 Å². The molecule has 3 rings (SSSR count). The summed E-state index contributed by atoms with van der Waals surface area (Å²) in [5.74, 6) is 0.448. The second-order valence-electron chi connectivity index (χ2n) is 7.23. The maximum absolute atomic E-state index is 6.18. The fourth-order valence-corrected chi connectivity index (χ4v) is 3.39. The number of aryl methyl sites for hydroxylation is 3. The molecule has 2 aromatic rings. The summed E-state index contributed by atoms with van der Waals surface area (Å²) in [4.78, 5) is 7.09. The van der Waals surface area contributed by atoms with Crippen molar-refractivity contribution in [3.8, 4) is 0 Å². The first kappa shape index (κ1) is 19.4. The summed E-state index contributed by atoms with van der Waals surface area (Å²) in [6, 6.07) is 15.1. The molecule has 5 heteroatoms. The van der Waals surface area contributed by atoms with E-state index in [0.717, 1.165) is 32.0 Å². The van der Waals surface area contributed by atoms with E-state index in [2.05, 4.69) is 72.4 Å². The van der Waals surface area contributed by atoms with Crippen LogP contribution in [0.5, 0.6) is 0 Å². The van der Waals surface area contributed by atoms with Crippen LogP contribution in [0, 0.1) is 20.8 Å². The lowest BCUT2D eigenvalue weighted by Gasteiger charge is -2.34. The van der Waals surface area contributed by atoms with Gasteiger partial charge in [0.15, 0.2) is 5.96 Å². The minimum atomic E-state index is 0.203. The molecule has 2 aromatic carbocycles. The number of benzene rings is 2. The highest BCUT2D eigenvalue weighted by atomic mass is 16.5. The van der Waals surface area contributed by atoms with Gasteiger partial charge in [-0.25, -0.2) is 0 Å². The highest BCUT2D eigenvalue weighted by Crippen LogP contribution is 2.23. The van der Waals surface area contributed by atoms with E-state index in [1.54, 1.807) is 0 Å². The molecule has 0 spiro atoms. The van der Waals surface area contributed by atoms with Gasteiger partial charge in [-0.05, 0) is 49.6 Å². The van der Waals surface area contributed by atoms with Crippen LogP contribution in [0.2, 0.25) is 0 Å². The second-order valence-corrected chi connectivity index (χ2v) is 7.23. The SMILES string of the molecule is Cc1cccc(C(CN=C(N)Nc2ccc(C)c(C)c2)N2CCOCC2)c1. The number of nitrogens with two attached hydrogens (primary N) is 1. The van der Waals surface area contributed by atoms with Gasteiger partial charge in [-0.15, -0.1) is 0 Å². The average molecular weight is 367 g/mol. The topological polar surface area (TPSA) is 62.9 Å². The van der Waals surface area contributed by atoms with E-state index >= 15 is 0 Å². The molecule has 5 nitrogen and oxygen atoms in total. The Bertz CT molecular complexity index is 797. The van der Waals surface area contributed by atoms with Gasteiger partial charge in [-0.1, -0.05) is 35.9 Å². The lowest BCUT2D eigenvalue weighted by Crippen LogP contribution is -2.40. The molecule has 1 heterocycles. The van der Waals surface area contributed by atoms with Gasteiger partial charge in [0, 0.05) is 18.8 Å². The molecule has 27 heavy (non-hydrogen) atoms. The van der Waals surface area contributed by atoms with Gasteiger partial charge in [-0.2, -0.15) is 0 Å². The van der Waals surface area contributed by atoms with E-state index in [1.807, 2.05) is 6.07 Å². The van der Waals surface area contributed by atoms with Crippen molar-refractivity contribution in [2.75, 3.05) is 38.2 Å². The second kappa shape index (κ2) is 9.02. The van der Waals surface area contributed by atoms with Crippen molar-refractivity contribution in [3.63, 3.8) is 0 Å². The minimum absolute atomic E-state index is 0.203. The number of nitrogens with one attached hydrogen (secondary N) is 1. The Morgan fingerprint density at radius 1 is 1.11 bits per heavy atom. The van der Waals surface area contributed by atoms with E-state index in [4.69, 9.17) is 10.5 Å². The van der Waals surface area contributed by atoms with E-state index in [0.29, 0.717) is 12.5 Å². The molecule has 0 radical (unpaired) electrons. The Hall–Kier alpha value is -2.37. The molecule has 3 N–H and O–H groups in total. The van der Waals surface area contributed by atoms with Crippen LogP contribution in [0.4, 0.5) is 5.69 Å². The van der Waals surface area contributed by atoms with Gasteiger partial charge in [0.1, 0.15) is 0 Å². The number of ether oxygens (including phenoxy) is 1. The standard InChI is InChI=1S/C22H30N4O/c1-16-5-4-6-19(13-16)21(26-9-11-27-12-10-26)15-24-22(23)25-20-8-7-17(2)18(3)14-20/h4-8,13-14,21H,9-12,15H2,1-3H3,(H3,23,24,25). The fourth-order valence-electron chi connectivity index (χ4n) is 3.39. The maximum atomic E-state index is 6.18. The lowest BCUT2D eigenvalue weighted by atomic mass is 10.0. The first-order valence-electron chi connectivity index (χ1n) is 9.55. The zero-order valence-electron chi connectivity index (χ0n) is 16.5. The van der Waals surface area contributed by atoms with Crippen LogP contribution in [-0.2, 0) is 4.74 Å². The van der Waals surface area contributed by atoms with Crippen LogP contribution in [0.3, 0.4) is 0 Å². The van der Waals surface area contributed by atoms with Crippen LogP contribution in [0.25, 0.3) is 0 Å². The predicted molar refractivity (Wildman–Crippen MR) is 112 cm³/mol. The summed E-state index contributed by atoms with van der Waals surface area (Å²) >= 11 is 0. The molecule has 0 saturated carbocycles. The Morgan fingerprint density at radius 2 is 1.89 bits per heavy atom. The highest BCUT2D eigenvalue weighted by Gasteiger charge is 2.22. The molecule has 1 atom stereocenters. The number of aliphatic imine (C=N–C) groups is 1. The van der Waals surface area contributed by atoms with E-state index in [9.17, 15) is 0 Å². The molecular weight excluding hydrogens is 336 g/mol. The van der Waals surface area contributed by atoms with Gasteiger partial charge in [0.2, 0.25) is 0 Å². The summed E-state index contributed by atoms with van der Waals surface area (Å²) < 4.78 is 5.52. The molecule has 144 valence electrons. The molecule has 0 aliphatic carbocycles. The third-order valence-electron chi connectivity index (χ3n) is 5.13. The number of anilines is 1. The molecule has 1 aliphatic rings. The summed E-state index contributed by atoms with van der Waals surface area (Å²) in [6.07, 6.45) is 0. The number of morpholine rings is 1. The molecule has 1 aliphatic heterocycles. The first-order valence-corrected chi connectivity index (χ1v) is 9.55. The zero-order valence-corrected chi connectivity index (χ0v) is 16.5. The molecule has 0 bridgehead atoms. The molecule has 1 unspecified atom stereocenters. The normalized spacial score (nSPS) is 16.9. The van der Waals surface area contributed by atoms with Crippen LogP contribution in [0.15, 0.2) is 47.5 Å². The summed E-state index contributed by atoms with van der Waals surface area (Å²) in [5.41, 5.74) is 12.2. The molecular formula is C22H30N4O. The minimum Gasteiger partial charge on any atom is -0.379 e. The van der Waals surface area contributed by atoms with Crippen LogP contribution in [-0.4, -0.2) is 43.7 Å². The Balaban J connectivity index is 1.74. The smallest absolute Gasteiger partial charge is 0.193 e. The van der Waals surface area contributed by atoms with Crippen LogP contribution < -0.4 is 11.1 Å². The van der Waals surface area contributed by atoms with Crippen molar-refractivity contribution in [2.24, 2.45) is 10.7 Å². The fraction of sp³-hybridized carbons (Fsp3) is 0.409. The van der Waals surface area contributed by atoms with Crippen molar-refractivity contribution in [2.45, 2.75) is 26.8 Å². The third kappa shape index (κ3) is 5.31. The van der Waals surface area contributed by atoms with Crippen molar-refractivity contribution < 1.29 is 4.74 Å². The molecule has 0 amide bonds. The summed E-state index contributed by atoms with van der Waals surface area (Å²) in [7, 11) is 0. The summed E-state index contributed by atoms with van der Waals surface area (Å²) in [5, 5.41) is 3.22.